The Morgan fingerprint density at radius 1 is 1.17 bits per heavy atom. The molecule has 0 radical (unpaired) electrons. The smallest absolute Gasteiger partial charge is 0.254 e. The Morgan fingerprint density at radius 3 is 2.50 bits per heavy atom. The predicted octanol–water partition coefficient (Wildman–Crippen LogP) is 2.81. The molecular weight excluding hydrogens is 307 g/mol. The second kappa shape index (κ2) is 6.83. The van der Waals surface area contributed by atoms with Crippen molar-refractivity contribution in [3.63, 3.8) is 0 Å². The summed E-state index contributed by atoms with van der Waals surface area (Å²) in [5.74, 6) is -1.02. The van der Waals surface area contributed by atoms with Gasteiger partial charge in [-0.1, -0.05) is 35.9 Å². The van der Waals surface area contributed by atoms with Crippen molar-refractivity contribution >= 4 is 11.8 Å². The van der Waals surface area contributed by atoms with Crippen molar-refractivity contribution in [3.8, 4) is 11.1 Å². The Balaban J connectivity index is 1.73. The van der Waals surface area contributed by atoms with E-state index in [9.17, 15) is 14.0 Å². The number of carbonyl (C=O) groups is 2. The maximum Gasteiger partial charge on any atom is 0.254 e. The summed E-state index contributed by atoms with van der Waals surface area (Å²) >= 11 is 0. The Labute approximate surface area is 140 Å². The van der Waals surface area contributed by atoms with Crippen LogP contribution < -0.4 is 10.6 Å². The fourth-order valence-electron chi connectivity index (χ4n) is 2.74. The molecule has 1 atom stereocenters. The summed E-state index contributed by atoms with van der Waals surface area (Å²) in [6.45, 7) is 2.37. The predicted molar refractivity (Wildman–Crippen MR) is 90.1 cm³/mol. The first-order chi connectivity index (χ1) is 11.5. The molecule has 0 aliphatic carbocycles. The van der Waals surface area contributed by atoms with E-state index in [2.05, 4.69) is 10.6 Å². The van der Waals surface area contributed by atoms with Crippen LogP contribution >= 0.6 is 0 Å². The van der Waals surface area contributed by atoms with E-state index in [-0.39, 0.29) is 17.5 Å². The highest BCUT2D eigenvalue weighted by molar-refractivity contribution is 5.95. The van der Waals surface area contributed by atoms with E-state index in [0.29, 0.717) is 19.4 Å². The Kier molecular flexibility index (Phi) is 4.60. The standard InChI is InChI=1S/C19H19FN2O2/c1-12-2-4-13(5-3-12)14-6-8-16(17(20)10-14)19(24)22-15-7-9-18(23)21-11-15/h2-6,8,10,15H,7,9,11H2,1H3,(H,21,23)(H,22,24). The normalized spacial score (nSPS) is 17.2. The highest BCUT2D eigenvalue weighted by atomic mass is 19.1. The average Bonchev–Trinajstić information content (AvgIpc) is 2.57. The minimum atomic E-state index is -0.551. The van der Waals surface area contributed by atoms with Gasteiger partial charge < -0.3 is 10.6 Å². The van der Waals surface area contributed by atoms with Crippen molar-refractivity contribution in [2.75, 3.05) is 6.54 Å². The molecule has 1 heterocycles. The number of aryl methyl sites for hydroxylation is 1. The summed E-state index contributed by atoms with van der Waals surface area (Å²) in [4.78, 5) is 23.4. The molecule has 24 heavy (non-hydrogen) atoms. The molecule has 1 unspecified atom stereocenters. The maximum absolute atomic E-state index is 14.4. The van der Waals surface area contributed by atoms with Crippen LogP contribution in [-0.2, 0) is 4.79 Å². The molecule has 0 saturated carbocycles. The Bertz CT molecular complexity index is 761. The molecule has 1 saturated heterocycles. The van der Waals surface area contributed by atoms with Gasteiger partial charge in [0, 0.05) is 19.0 Å². The molecule has 1 aliphatic rings. The summed E-state index contributed by atoms with van der Waals surface area (Å²) in [5.41, 5.74) is 2.79. The van der Waals surface area contributed by atoms with E-state index >= 15 is 0 Å². The van der Waals surface area contributed by atoms with E-state index in [1.807, 2.05) is 31.2 Å². The molecule has 2 aromatic carbocycles. The number of piperidine rings is 1. The lowest BCUT2D eigenvalue weighted by Crippen LogP contribution is -2.47. The second-order valence-corrected chi connectivity index (χ2v) is 6.07. The van der Waals surface area contributed by atoms with Crippen molar-refractivity contribution in [2.24, 2.45) is 0 Å². The average molecular weight is 326 g/mol. The number of amides is 2. The van der Waals surface area contributed by atoms with Crippen LogP contribution in [0.4, 0.5) is 4.39 Å². The highest BCUT2D eigenvalue weighted by Crippen LogP contribution is 2.22. The van der Waals surface area contributed by atoms with E-state index < -0.39 is 11.7 Å². The van der Waals surface area contributed by atoms with Crippen LogP contribution in [0.1, 0.15) is 28.8 Å². The molecule has 0 spiro atoms. The summed E-state index contributed by atoms with van der Waals surface area (Å²) < 4.78 is 14.4. The maximum atomic E-state index is 14.4. The molecule has 1 fully saturated rings. The van der Waals surface area contributed by atoms with Crippen molar-refractivity contribution in [2.45, 2.75) is 25.8 Å². The number of nitrogens with one attached hydrogen (secondary N) is 2. The van der Waals surface area contributed by atoms with Crippen LogP contribution in [0.25, 0.3) is 11.1 Å². The van der Waals surface area contributed by atoms with Gasteiger partial charge in [-0.25, -0.2) is 4.39 Å². The number of benzene rings is 2. The largest absolute Gasteiger partial charge is 0.354 e. The van der Waals surface area contributed by atoms with Crippen LogP contribution in [-0.4, -0.2) is 24.4 Å². The number of hydrogen-bond donors (Lipinski definition) is 2. The van der Waals surface area contributed by atoms with Gasteiger partial charge in [0.05, 0.1) is 5.56 Å². The van der Waals surface area contributed by atoms with Gasteiger partial charge in [-0.2, -0.15) is 0 Å². The Morgan fingerprint density at radius 2 is 1.88 bits per heavy atom. The first kappa shape index (κ1) is 16.2. The number of rotatable bonds is 3. The van der Waals surface area contributed by atoms with E-state index in [4.69, 9.17) is 0 Å². The number of halogens is 1. The van der Waals surface area contributed by atoms with Gasteiger partial charge in [-0.15, -0.1) is 0 Å². The van der Waals surface area contributed by atoms with Crippen molar-refractivity contribution in [1.82, 2.24) is 10.6 Å². The highest BCUT2D eigenvalue weighted by Gasteiger charge is 2.21. The SMILES string of the molecule is Cc1ccc(-c2ccc(C(=O)NC3CCC(=O)NC3)c(F)c2)cc1. The third-order valence-corrected chi connectivity index (χ3v) is 4.20. The minimum Gasteiger partial charge on any atom is -0.354 e. The third-order valence-electron chi connectivity index (χ3n) is 4.20. The molecule has 124 valence electrons. The monoisotopic (exact) mass is 326 g/mol. The van der Waals surface area contributed by atoms with Crippen LogP contribution in [0.2, 0.25) is 0 Å². The molecule has 2 N–H and O–H groups in total. The number of carbonyl (C=O) groups excluding carboxylic acids is 2. The van der Waals surface area contributed by atoms with E-state index in [1.165, 1.54) is 12.1 Å². The lowest BCUT2D eigenvalue weighted by molar-refractivity contribution is -0.122. The summed E-state index contributed by atoms with van der Waals surface area (Å²) in [5, 5.41) is 5.46. The molecule has 2 aromatic rings. The van der Waals surface area contributed by atoms with Crippen molar-refractivity contribution in [3.05, 3.63) is 59.4 Å². The van der Waals surface area contributed by atoms with Gasteiger partial charge >= 0.3 is 0 Å². The fraction of sp³-hybridized carbons (Fsp3) is 0.263. The van der Waals surface area contributed by atoms with Crippen molar-refractivity contribution in [1.29, 1.82) is 0 Å². The summed E-state index contributed by atoms with van der Waals surface area (Å²) in [6, 6.07) is 12.2. The second-order valence-electron chi connectivity index (χ2n) is 6.07. The quantitative estimate of drug-likeness (QED) is 0.911. The third kappa shape index (κ3) is 3.62. The van der Waals surface area contributed by atoms with Gasteiger partial charge in [-0.05, 0) is 36.6 Å². The van der Waals surface area contributed by atoms with Gasteiger partial charge in [-0.3, -0.25) is 9.59 Å². The lowest BCUT2D eigenvalue weighted by atomic mass is 10.0. The van der Waals surface area contributed by atoms with Gasteiger partial charge in [0.25, 0.3) is 5.91 Å². The lowest BCUT2D eigenvalue weighted by Gasteiger charge is -2.23. The first-order valence-electron chi connectivity index (χ1n) is 7.97. The number of hydrogen-bond acceptors (Lipinski definition) is 2. The fourth-order valence-corrected chi connectivity index (χ4v) is 2.74. The van der Waals surface area contributed by atoms with Gasteiger partial charge in [0.1, 0.15) is 5.82 Å². The molecule has 5 heteroatoms. The van der Waals surface area contributed by atoms with Gasteiger partial charge in [0.2, 0.25) is 5.91 Å². The molecule has 3 rings (SSSR count). The first-order valence-corrected chi connectivity index (χ1v) is 7.97. The molecule has 0 bridgehead atoms. The van der Waals surface area contributed by atoms with Crippen molar-refractivity contribution < 1.29 is 14.0 Å². The van der Waals surface area contributed by atoms with Gasteiger partial charge in [0.15, 0.2) is 0 Å². The van der Waals surface area contributed by atoms with Crippen LogP contribution in [0, 0.1) is 12.7 Å². The molecule has 0 aromatic heterocycles. The molecule has 1 aliphatic heterocycles. The van der Waals surface area contributed by atoms with E-state index in [1.54, 1.807) is 6.07 Å². The summed E-state index contributed by atoms with van der Waals surface area (Å²) in [7, 11) is 0. The zero-order chi connectivity index (χ0) is 17.1. The topological polar surface area (TPSA) is 58.2 Å². The van der Waals surface area contributed by atoms with Crippen LogP contribution in [0.3, 0.4) is 0 Å². The zero-order valence-electron chi connectivity index (χ0n) is 13.4. The molecule has 4 nitrogen and oxygen atoms in total. The van der Waals surface area contributed by atoms with Crippen LogP contribution in [0.5, 0.6) is 0 Å². The Hall–Kier alpha value is -2.69. The summed E-state index contributed by atoms with van der Waals surface area (Å²) in [6.07, 6.45) is 0.945. The minimum absolute atomic E-state index is 0.0164. The van der Waals surface area contributed by atoms with E-state index in [0.717, 1.165) is 16.7 Å². The molecular formula is C19H19FN2O2. The zero-order valence-corrected chi connectivity index (χ0v) is 13.4. The van der Waals surface area contributed by atoms with Crippen LogP contribution in [0.15, 0.2) is 42.5 Å². The molecule has 2 amide bonds.